The van der Waals surface area contributed by atoms with Crippen molar-refractivity contribution >= 4 is 5.96 Å². The maximum Gasteiger partial charge on any atom is 0.191 e. The molecule has 0 saturated heterocycles. The maximum atomic E-state index is 9.69. The average Bonchev–Trinajstić information content (AvgIpc) is 2.48. The second kappa shape index (κ2) is 9.10. The number of rotatable bonds is 7. The molecule has 0 aliphatic carbocycles. The van der Waals surface area contributed by atoms with Crippen LogP contribution in [0.3, 0.4) is 0 Å². The van der Waals surface area contributed by atoms with Crippen molar-refractivity contribution in [2.24, 2.45) is 4.99 Å². The first kappa shape index (κ1) is 17.1. The van der Waals surface area contributed by atoms with Gasteiger partial charge < -0.3 is 20.5 Å². The zero-order chi connectivity index (χ0) is 15.7. The highest BCUT2D eigenvalue weighted by Gasteiger charge is 2.05. The molecule has 5 nitrogen and oxygen atoms in total. The monoisotopic (exact) mass is 293 g/mol. The number of aromatic hydroxyl groups is 1. The lowest BCUT2D eigenvalue weighted by Gasteiger charge is -2.16. The number of hydrogen-bond donors (Lipinski definition) is 3. The van der Waals surface area contributed by atoms with E-state index in [-0.39, 0.29) is 5.75 Å². The third kappa shape index (κ3) is 5.94. The van der Waals surface area contributed by atoms with Crippen molar-refractivity contribution in [2.45, 2.75) is 46.7 Å². The number of guanidine groups is 1. The van der Waals surface area contributed by atoms with Gasteiger partial charge in [0.15, 0.2) is 17.5 Å². The van der Waals surface area contributed by atoms with E-state index in [1.807, 2.05) is 26.0 Å². The standard InChI is InChI=1S/C16H27N3O2/c1-5-12(4)19-16(17-6-2)18-11-13-8-9-14(20)15(10-13)21-7-3/h8-10,12,20H,5-7,11H2,1-4H3,(H2,17,18,19). The van der Waals surface area contributed by atoms with Crippen molar-refractivity contribution in [1.82, 2.24) is 10.6 Å². The van der Waals surface area contributed by atoms with Gasteiger partial charge in [0.05, 0.1) is 13.2 Å². The summed E-state index contributed by atoms with van der Waals surface area (Å²) in [5.41, 5.74) is 0.998. The molecule has 21 heavy (non-hydrogen) atoms. The summed E-state index contributed by atoms with van der Waals surface area (Å²) in [5, 5.41) is 16.3. The van der Waals surface area contributed by atoms with E-state index in [1.54, 1.807) is 6.07 Å². The number of benzene rings is 1. The first-order valence-corrected chi connectivity index (χ1v) is 7.60. The highest BCUT2D eigenvalue weighted by atomic mass is 16.5. The SMILES string of the molecule is CCNC(=NCc1ccc(O)c(OCC)c1)NC(C)CC. The molecule has 1 rings (SSSR count). The second-order valence-corrected chi connectivity index (χ2v) is 4.88. The number of phenolic OH excluding ortho intramolecular Hbond substituents is 1. The Labute approximate surface area is 127 Å². The van der Waals surface area contributed by atoms with E-state index < -0.39 is 0 Å². The van der Waals surface area contributed by atoms with E-state index in [9.17, 15) is 5.11 Å². The largest absolute Gasteiger partial charge is 0.504 e. The van der Waals surface area contributed by atoms with Crippen LogP contribution in [-0.4, -0.2) is 30.3 Å². The molecular weight excluding hydrogens is 266 g/mol. The molecule has 3 N–H and O–H groups in total. The van der Waals surface area contributed by atoms with E-state index in [1.165, 1.54) is 0 Å². The van der Waals surface area contributed by atoms with Crippen molar-refractivity contribution < 1.29 is 9.84 Å². The first-order valence-electron chi connectivity index (χ1n) is 7.60. The molecule has 0 spiro atoms. The molecule has 118 valence electrons. The van der Waals surface area contributed by atoms with E-state index in [0.717, 1.165) is 24.5 Å². The third-order valence-electron chi connectivity index (χ3n) is 3.08. The Balaban J connectivity index is 2.77. The van der Waals surface area contributed by atoms with Crippen molar-refractivity contribution in [3.63, 3.8) is 0 Å². The number of phenols is 1. The fourth-order valence-corrected chi connectivity index (χ4v) is 1.75. The van der Waals surface area contributed by atoms with Gasteiger partial charge in [-0.1, -0.05) is 13.0 Å². The lowest BCUT2D eigenvalue weighted by molar-refractivity contribution is 0.318. The lowest BCUT2D eigenvalue weighted by atomic mass is 10.2. The second-order valence-electron chi connectivity index (χ2n) is 4.88. The molecule has 0 amide bonds. The van der Waals surface area contributed by atoms with E-state index >= 15 is 0 Å². The van der Waals surface area contributed by atoms with Crippen LogP contribution in [-0.2, 0) is 6.54 Å². The summed E-state index contributed by atoms with van der Waals surface area (Å²) in [6.45, 7) is 10.1. The van der Waals surface area contributed by atoms with Crippen molar-refractivity contribution in [3.8, 4) is 11.5 Å². The third-order valence-corrected chi connectivity index (χ3v) is 3.08. The Kier molecular flexibility index (Phi) is 7.43. The minimum atomic E-state index is 0.161. The molecule has 0 fully saturated rings. The van der Waals surface area contributed by atoms with Gasteiger partial charge >= 0.3 is 0 Å². The number of aliphatic imine (C=N–C) groups is 1. The van der Waals surface area contributed by atoms with E-state index in [4.69, 9.17) is 4.74 Å². The molecule has 0 saturated carbocycles. The van der Waals surface area contributed by atoms with Crippen LogP contribution in [0.15, 0.2) is 23.2 Å². The molecule has 5 heteroatoms. The zero-order valence-corrected chi connectivity index (χ0v) is 13.4. The van der Waals surface area contributed by atoms with Crippen LogP contribution < -0.4 is 15.4 Å². The summed E-state index contributed by atoms with van der Waals surface area (Å²) in [4.78, 5) is 4.56. The molecule has 1 aromatic carbocycles. The summed E-state index contributed by atoms with van der Waals surface area (Å²) in [5.74, 6) is 1.47. The predicted molar refractivity (Wildman–Crippen MR) is 87.0 cm³/mol. The fraction of sp³-hybridized carbons (Fsp3) is 0.562. The van der Waals surface area contributed by atoms with Crippen LogP contribution in [0.25, 0.3) is 0 Å². The minimum Gasteiger partial charge on any atom is -0.504 e. The molecule has 0 aliphatic rings. The van der Waals surface area contributed by atoms with Gasteiger partial charge in [0, 0.05) is 12.6 Å². The van der Waals surface area contributed by atoms with Crippen LogP contribution >= 0.6 is 0 Å². The van der Waals surface area contributed by atoms with Gasteiger partial charge in [0.2, 0.25) is 0 Å². The number of ether oxygens (including phenoxy) is 1. The Hall–Kier alpha value is -1.91. The fourth-order valence-electron chi connectivity index (χ4n) is 1.75. The van der Waals surface area contributed by atoms with Gasteiger partial charge in [0.25, 0.3) is 0 Å². The lowest BCUT2D eigenvalue weighted by Crippen LogP contribution is -2.41. The Morgan fingerprint density at radius 2 is 2.10 bits per heavy atom. The van der Waals surface area contributed by atoms with E-state index in [2.05, 4.69) is 29.5 Å². The Morgan fingerprint density at radius 1 is 1.33 bits per heavy atom. The van der Waals surface area contributed by atoms with Gasteiger partial charge in [-0.05, 0) is 44.9 Å². The quantitative estimate of drug-likeness (QED) is 0.534. The Morgan fingerprint density at radius 3 is 2.71 bits per heavy atom. The Bertz CT molecular complexity index is 461. The van der Waals surface area contributed by atoms with Crippen molar-refractivity contribution in [3.05, 3.63) is 23.8 Å². The number of hydrogen-bond acceptors (Lipinski definition) is 3. The maximum absolute atomic E-state index is 9.69. The van der Waals surface area contributed by atoms with Crippen LogP contribution in [0.4, 0.5) is 0 Å². The normalized spacial score (nSPS) is 12.9. The van der Waals surface area contributed by atoms with Crippen LogP contribution in [0.1, 0.15) is 39.7 Å². The number of nitrogens with zero attached hydrogens (tertiary/aromatic N) is 1. The van der Waals surface area contributed by atoms with Crippen LogP contribution in [0, 0.1) is 0 Å². The van der Waals surface area contributed by atoms with Gasteiger partial charge in [-0.15, -0.1) is 0 Å². The van der Waals surface area contributed by atoms with Crippen LogP contribution in [0.2, 0.25) is 0 Å². The molecule has 0 aromatic heterocycles. The molecular formula is C16H27N3O2. The number of nitrogens with one attached hydrogen (secondary N) is 2. The van der Waals surface area contributed by atoms with Crippen molar-refractivity contribution in [1.29, 1.82) is 0 Å². The zero-order valence-electron chi connectivity index (χ0n) is 13.4. The molecule has 0 heterocycles. The molecule has 1 aromatic rings. The first-order chi connectivity index (χ1) is 10.1. The van der Waals surface area contributed by atoms with Crippen molar-refractivity contribution in [2.75, 3.05) is 13.2 Å². The van der Waals surface area contributed by atoms with Gasteiger partial charge in [-0.2, -0.15) is 0 Å². The summed E-state index contributed by atoms with van der Waals surface area (Å²) in [7, 11) is 0. The topological polar surface area (TPSA) is 65.9 Å². The van der Waals surface area contributed by atoms with Crippen LogP contribution in [0.5, 0.6) is 11.5 Å². The molecule has 0 aliphatic heterocycles. The molecule has 1 atom stereocenters. The summed E-state index contributed by atoms with van der Waals surface area (Å²) in [6, 6.07) is 5.70. The van der Waals surface area contributed by atoms with Gasteiger partial charge in [0.1, 0.15) is 0 Å². The van der Waals surface area contributed by atoms with Gasteiger partial charge in [-0.25, -0.2) is 4.99 Å². The summed E-state index contributed by atoms with van der Waals surface area (Å²) < 4.78 is 5.38. The van der Waals surface area contributed by atoms with Gasteiger partial charge in [-0.3, -0.25) is 0 Å². The minimum absolute atomic E-state index is 0.161. The van der Waals surface area contributed by atoms with E-state index in [0.29, 0.717) is 24.9 Å². The summed E-state index contributed by atoms with van der Waals surface area (Å²) in [6.07, 6.45) is 1.04. The molecule has 1 unspecified atom stereocenters. The predicted octanol–water partition coefficient (Wildman–Crippen LogP) is 2.64. The summed E-state index contributed by atoms with van der Waals surface area (Å²) >= 11 is 0. The highest BCUT2D eigenvalue weighted by Crippen LogP contribution is 2.27. The average molecular weight is 293 g/mol. The molecule has 0 bridgehead atoms. The molecule has 0 radical (unpaired) electrons. The highest BCUT2D eigenvalue weighted by molar-refractivity contribution is 5.80. The smallest absolute Gasteiger partial charge is 0.191 e.